The third-order valence-corrected chi connectivity index (χ3v) is 7.17. The van der Waals surface area contributed by atoms with Crippen LogP contribution < -0.4 is 15.4 Å². The van der Waals surface area contributed by atoms with Crippen molar-refractivity contribution in [3.63, 3.8) is 0 Å². The van der Waals surface area contributed by atoms with Gasteiger partial charge in [-0.15, -0.1) is 0 Å². The Morgan fingerprint density at radius 3 is 2.69 bits per heavy atom. The van der Waals surface area contributed by atoms with Crippen molar-refractivity contribution >= 4 is 49.7 Å². The first kappa shape index (κ1) is 24.1. The number of nitrogens with zero attached hydrogens (tertiary/aromatic N) is 2. The summed E-state index contributed by atoms with van der Waals surface area (Å²) in [5.74, 6) is -0.270. The van der Waals surface area contributed by atoms with Gasteiger partial charge in [0.05, 0.1) is 22.0 Å². The number of rotatable bonds is 10. The van der Waals surface area contributed by atoms with Gasteiger partial charge in [0.25, 0.3) is 0 Å². The van der Waals surface area contributed by atoms with Crippen molar-refractivity contribution in [1.29, 1.82) is 0 Å². The monoisotopic (exact) mass is 493 g/mol. The van der Waals surface area contributed by atoms with E-state index in [9.17, 15) is 13.2 Å². The number of hydrogen-bond donors (Lipinski definition) is 3. The summed E-state index contributed by atoms with van der Waals surface area (Å²) in [7, 11) is -3.61. The lowest BCUT2D eigenvalue weighted by molar-refractivity contribution is -0.114. The number of halogens is 1. The van der Waals surface area contributed by atoms with Gasteiger partial charge in [-0.1, -0.05) is 53.3 Å². The number of anilines is 2. The molecule has 3 rings (SSSR count). The van der Waals surface area contributed by atoms with E-state index < -0.39 is 10.0 Å². The summed E-state index contributed by atoms with van der Waals surface area (Å²) < 4.78 is 27.6. The van der Waals surface area contributed by atoms with Crippen molar-refractivity contribution in [2.24, 2.45) is 0 Å². The molecule has 2 heterocycles. The van der Waals surface area contributed by atoms with Gasteiger partial charge in [-0.25, -0.2) is 18.4 Å². The van der Waals surface area contributed by atoms with Crippen molar-refractivity contribution in [3.05, 3.63) is 59.0 Å². The maximum atomic E-state index is 12.5. The molecule has 1 amide bonds. The minimum Gasteiger partial charge on any atom is -0.313 e. The lowest BCUT2D eigenvalue weighted by atomic mass is 10.2. The molecule has 3 N–H and O–H groups in total. The molecular weight excluding hydrogens is 470 g/mol. The number of hydrogen-bond acceptors (Lipinski definition) is 7. The minimum atomic E-state index is -3.61. The van der Waals surface area contributed by atoms with Crippen LogP contribution in [0.15, 0.2) is 42.6 Å². The van der Waals surface area contributed by atoms with E-state index in [-0.39, 0.29) is 22.5 Å². The fourth-order valence-electron chi connectivity index (χ4n) is 2.95. The Morgan fingerprint density at radius 1 is 1.22 bits per heavy atom. The van der Waals surface area contributed by atoms with Crippen LogP contribution in [0, 0.1) is 6.92 Å². The van der Waals surface area contributed by atoms with Crippen LogP contribution in [-0.2, 0) is 21.4 Å². The summed E-state index contributed by atoms with van der Waals surface area (Å²) >= 11 is 7.41. The van der Waals surface area contributed by atoms with Crippen molar-refractivity contribution in [2.75, 3.05) is 22.3 Å². The van der Waals surface area contributed by atoms with Crippen LogP contribution in [-0.4, -0.2) is 36.6 Å². The van der Waals surface area contributed by atoms with Gasteiger partial charge in [0, 0.05) is 25.2 Å². The fraction of sp³-hybridized carbons (Fsp3) is 0.286. The molecule has 3 aromatic rings. The zero-order valence-corrected chi connectivity index (χ0v) is 20.1. The molecule has 0 aliphatic heterocycles. The van der Waals surface area contributed by atoms with E-state index in [1.165, 1.54) is 18.3 Å². The molecule has 0 fully saturated rings. The molecule has 0 bridgehead atoms. The van der Waals surface area contributed by atoms with Crippen molar-refractivity contribution in [3.8, 4) is 10.4 Å². The Kier molecular flexibility index (Phi) is 8.19. The molecule has 0 spiro atoms. The van der Waals surface area contributed by atoms with Gasteiger partial charge in [0.2, 0.25) is 15.9 Å². The highest BCUT2D eigenvalue weighted by Gasteiger charge is 2.17. The van der Waals surface area contributed by atoms with Gasteiger partial charge in [-0.05, 0) is 31.5 Å². The maximum Gasteiger partial charge on any atom is 0.232 e. The van der Waals surface area contributed by atoms with Gasteiger partial charge in [0.15, 0.2) is 10.3 Å². The molecule has 0 saturated heterocycles. The molecule has 170 valence electrons. The lowest BCUT2D eigenvalue weighted by Crippen LogP contribution is -2.22. The highest BCUT2D eigenvalue weighted by atomic mass is 35.5. The molecule has 0 radical (unpaired) electrons. The second-order valence-corrected chi connectivity index (χ2v) is 10.3. The van der Waals surface area contributed by atoms with Crippen LogP contribution >= 0.6 is 22.9 Å². The summed E-state index contributed by atoms with van der Waals surface area (Å²) in [6.07, 6.45) is 1.99. The zero-order valence-electron chi connectivity index (χ0n) is 17.7. The third-order valence-electron chi connectivity index (χ3n) is 4.38. The van der Waals surface area contributed by atoms with Crippen molar-refractivity contribution < 1.29 is 13.2 Å². The second kappa shape index (κ2) is 10.9. The lowest BCUT2D eigenvalue weighted by Gasteiger charge is -2.11. The molecule has 0 unspecified atom stereocenters. The SMILES string of the molecule is CC(=O)Nc1nc(C)c(-c2cnc(Cl)c(NS(=O)(=O)CCCNCc3ccccc3)c2)s1. The van der Waals surface area contributed by atoms with Gasteiger partial charge < -0.3 is 10.6 Å². The average Bonchev–Trinajstić information content (AvgIpc) is 3.09. The Hall–Kier alpha value is -2.53. The topological polar surface area (TPSA) is 113 Å². The molecular formula is C21H24ClN5O3S2. The van der Waals surface area contributed by atoms with Gasteiger partial charge >= 0.3 is 0 Å². The van der Waals surface area contributed by atoms with Crippen LogP contribution in [0.25, 0.3) is 10.4 Å². The van der Waals surface area contributed by atoms with E-state index in [1.54, 1.807) is 19.2 Å². The maximum absolute atomic E-state index is 12.5. The number of aromatic nitrogens is 2. The number of nitrogens with one attached hydrogen (secondary N) is 3. The highest BCUT2D eigenvalue weighted by Crippen LogP contribution is 2.35. The van der Waals surface area contributed by atoms with Crippen LogP contribution in [0.2, 0.25) is 5.15 Å². The van der Waals surface area contributed by atoms with Crippen LogP contribution in [0.3, 0.4) is 0 Å². The number of aryl methyl sites for hydroxylation is 1. The Balaban J connectivity index is 1.61. The first-order valence-corrected chi connectivity index (χ1v) is 12.7. The van der Waals surface area contributed by atoms with E-state index in [1.807, 2.05) is 30.3 Å². The van der Waals surface area contributed by atoms with E-state index >= 15 is 0 Å². The molecule has 32 heavy (non-hydrogen) atoms. The second-order valence-electron chi connectivity index (χ2n) is 7.11. The molecule has 0 aliphatic rings. The van der Waals surface area contributed by atoms with E-state index in [0.717, 1.165) is 10.4 Å². The van der Waals surface area contributed by atoms with Crippen LogP contribution in [0.1, 0.15) is 24.6 Å². The quantitative estimate of drug-likeness (QED) is 0.290. The van der Waals surface area contributed by atoms with E-state index in [0.29, 0.717) is 35.9 Å². The smallest absolute Gasteiger partial charge is 0.232 e. The first-order chi connectivity index (χ1) is 15.2. The molecule has 0 aliphatic carbocycles. The van der Waals surface area contributed by atoms with Crippen LogP contribution in [0.5, 0.6) is 0 Å². The van der Waals surface area contributed by atoms with Gasteiger partial charge in [0.1, 0.15) is 0 Å². The molecule has 2 aromatic heterocycles. The van der Waals surface area contributed by atoms with E-state index in [4.69, 9.17) is 11.6 Å². The molecule has 0 saturated carbocycles. The Bertz CT molecular complexity index is 1180. The normalized spacial score (nSPS) is 11.3. The summed E-state index contributed by atoms with van der Waals surface area (Å²) in [6.45, 7) is 4.46. The number of carbonyl (C=O) groups is 1. The van der Waals surface area contributed by atoms with Gasteiger partial charge in [-0.3, -0.25) is 9.52 Å². The predicted octanol–water partition coefficient (Wildman–Crippen LogP) is 4.05. The number of benzene rings is 1. The number of thiazole rings is 1. The third kappa shape index (κ3) is 6.99. The minimum absolute atomic E-state index is 0.0540. The first-order valence-electron chi connectivity index (χ1n) is 9.89. The summed E-state index contributed by atoms with van der Waals surface area (Å²) in [4.78, 5) is 20.5. The largest absolute Gasteiger partial charge is 0.313 e. The fourth-order valence-corrected chi connectivity index (χ4v) is 5.26. The molecule has 11 heteroatoms. The van der Waals surface area contributed by atoms with Crippen LogP contribution in [0.4, 0.5) is 10.8 Å². The number of carbonyl (C=O) groups excluding carboxylic acids is 1. The zero-order chi connectivity index (χ0) is 23.1. The molecule has 1 aromatic carbocycles. The standard InChI is InChI=1S/C21H24ClN5O3S2/c1-14-19(31-21(25-14)26-15(2)28)17-11-18(20(22)24-13-17)27-32(29,30)10-6-9-23-12-16-7-4-3-5-8-16/h3-5,7-8,11,13,23,27H,6,9-10,12H2,1-2H3,(H,25,26,28). The van der Waals surface area contributed by atoms with E-state index in [2.05, 4.69) is 25.3 Å². The molecule has 8 nitrogen and oxygen atoms in total. The summed E-state index contributed by atoms with van der Waals surface area (Å²) in [5.41, 5.74) is 2.70. The number of pyridine rings is 1. The van der Waals surface area contributed by atoms with Crippen molar-refractivity contribution in [2.45, 2.75) is 26.8 Å². The number of sulfonamides is 1. The van der Waals surface area contributed by atoms with Gasteiger partial charge in [-0.2, -0.15) is 0 Å². The molecule has 0 atom stereocenters. The predicted molar refractivity (Wildman–Crippen MR) is 130 cm³/mol. The highest BCUT2D eigenvalue weighted by molar-refractivity contribution is 7.92. The summed E-state index contributed by atoms with van der Waals surface area (Å²) in [6, 6.07) is 11.5. The Labute approximate surface area is 196 Å². The average molecular weight is 494 g/mol. The Morgan fingerprint density at radius 2 is 1.97 bits per heavy atom. The van der Waals surface area contributed by atoms with Crippen molar-refractivity contribution in [1.82, 2.24) is 15.3 Å². The summed E-state index contributed by atoms with van der Waals surface area (Å²) in [5, 5.41) is 6.41. The number of amides is 1.